The summed E-state index contributed by atoms with van der Waals surface area (Å²) in [6.45, 7) is -1.21. The van der Waals surface area contributed by atoms with E-state index in [-0.39, 0.29) is 17.8 Å². The number of carbonyl (C=O) groups is 1. The lowest BCUT2D eigenvalue weighted by Gasteiger charge is -2.25. The molecule has 0 unspecified atom stereocenters. The van der Waals surface area contributed by atoms with Crippen molar-refractivity contribution in [2.24, 2.45) is 0 Å². The molecule has 0 aromatic heterocycles. The zero-order valence-electron chi connectivity index (χ0n) is 11.1. The molecular weight excluding hydrogens is 307 g/mol. The highest BCUT2D eigenvalue weighted by Gasteiger charge is 2.57. The van der Waals surface area contributed by atoms with Gasteiger partial charge in [0.2, 0.25) is 0 Å². The van der Waals surface area contributed by atoms with Gasteiger partial charge in [-0.1, -0.05) is 0 Å². The Labute approximate surface area is 122 Å². The number of anilines is 1. The van der Waals surface area contributed by atoms with Gasteiger partial charge in [-0.05, 0) is 12.1 Å². The third-order valence-electron chi connectivity index (χ3n) is 3.54. The van der Waals surface area contributed by atoms with Crippen molar-refractivity contribution in [1.82, 2.24) is 4.90 Å². The molecule has 1 saturated heterocycles. The first-order valence-corrected chi connectivity index (χ1v) is 6.17. The van der Waals surface area contributed by atoms with Crippen LogP contribution >= 0.6 is 0 Å². The fourth-order valence-electron chi connectivity index (χ4n) is 2.22. The molecule has 10 heteroatoms. The van der Waals surface area contributed by atoms with Crippen LogP contribution in [0.2, 0.25) is 0 Å². The van der Waals surface area contributed by atoms with Crippen molar-refractivity contribution < 1.29 is 28.0 Å². The maximum atomic E-state index is 12.7. The van der Waals surface area contributed by atoms with E-state index in [4.69, 9.17) is 5.73 Å². The summed E-state index contributed by atoms with van der Waals surface area (Å²) in [5.74, 6) is -0.830. The number of nitrogens with zero attached hydrogens (tertiary/aromatic N) is 2. The zero-order chi connectivity index (χ0) is 16.7. The lowest BCUT2D eigenvalue weighted by atomic mass is 10.0. The molecule has 1 aromatic carbocycles. The predicted octanol–water partition coefficient (Wildman–Crippen LogP) is 1.32. The molecule has 1 aliphatic rings. The van der Waals surface area contributed by atoms with Crippen molar-refractivity contribution >= 4 is 17.3 Å². The van der Waals surface area contributed by atoms with Gasteiger partial charge in [0, 0.05) is 24.6 Å². The molecule has 1 atom stereocenters. The van der Waals surface area contributed by atoms with Crippen LogP contribution < -0.4 is 5.73 Å². The lowest BCUT2D eigenvalue weighted by molar-refractivity contribution is -0.383. The minimum atomic E-state index is -4.85. The van der Waals surface area contributed by atoms with Gasteiger partial charge in [0.05, 0.1) is 11.5 Å². The molecular formula is C12H12F3N3O4. The second-order valence-electron chi connectivity index (χ2n) is 5.04. The number of benzene rings is 1. The number of β-amino-alcohol motifs (C(OH)–C–C–N with tert-alkyl or cyclic N) is 1. The molecule has 1 aliphatic heterocycles. The SMILES string of the molecule is Nc1ccc(C(=O)N2CC[C@](O)(C(F)(F)F)C2)cc1[N+](=O)[O-]. The summed E-state index contributed by atoms with van der Waals surface area (Å²) in [6, 6.07) is 3.23. The molecule has 7 nitrogen and oxygen atoms in total. The Morgan fingerprint density at radius 2 is 2.09 bits per heavy atom. The number of amides is 1. The van der Waals surface area contributed by atoms with Gasteiger partial charge in [-0.15, -0.1) is 0 Å². The van der Waals surface area contributed by atoms with Crippen LogP contribution in [0.1, 0.15) is 16.8 Å². The van der Waals surface area contributed by atoms with Crippen LogP contribution in [0, 0.1) is 10.1 Å². The molecule has 1 heterocycles. The third kappa shape index (κ3) is 2.69. The van der Waals surface area contributed by atoms with Crippen LogP contribution in [0.4, 0.5) is 24.5 Å². The Balaban J connectivity index is 2.24. The van der Waals surface area contributed by atoms with Crippen molar-refractivity contribution in [3.63, 3.8) is 0 Å². The first kappa shape index (κ1) is 16.0. The van der Waals surface area contributed by atoms with Crippen LogP contribution in [0.5, 0.6) is 0 Å². The van der Waals surface area contributed by atoms with Gasteiger partial charge in [0.25, 0.3) is 11.6 Å². The third-order valence-corrected chi connectivity index (χ3v) is 3.54. The van der Waals surface area contributed by atoms with Gasteiger partial charge in [-0.2, -0.15) is 13.2 Å². The second kappa shape index (κ2) is 5.13. The number of likely N-dealkylation sites (tertiary alicyclic amines) is 1. The number of hydrogen-bond acceptors (Lipinski definition) is 5. The van der Waals surface area contributed by atoms with E-state index >= 15 is 0 Å². The predicted molar refractivity (Wildman–Crippen MR) is 69.0 cm³/mol. The number of alkyl halides is 3. The van der Waals surface area contributed by atoms with Gasteiger partial charge in [0.15, 0.2) is 5.60 Å². The van der Waals surface area contributed by atoms with Crippen molar-refractivity contribution in [2.75, 3.05) is 18.8 Å². The monoisotopic (exact) mass is 319 g/mol. The topological polar surface area (TPSA) is 110 Å². The summed E-state index contributed by atoms with van der Waals surface area (Å²) in [4.78, 5) is 22.9. The number of rotatable bonds is 2. The average Bonchev–Trinajstić information content (AvgIpc) is 2.82. The molecule has 0 aliphatic carbocycles. The maximum absolute atomic E-state index is 12.7. The number of carbonyl (C=O) groups excluding carboxylic acids is 1. The van der Waals surface area contributed by atoms with Crippen molar-refractivity contribution in [3.05, 3.63) is 33.9 Å². The van der Waals surface area contributed by atoms with E-state index in [1.807, 2.05) is 0 Å². The smallest absolute Gasteiger partial charge is 0.393 e. The summed E-state index contributed by atoms with van der Waals surface area (Å²) < 4.78 is 38.1. The summed E-state index contributed by atoms with van der Waals surface area (Å²) in [6.07, 6.45) is -5.49. The van der Waals surface area contributed by atoms with Crippen LogP contribution in [0.25, 0.3) is 0 Å². The Kier molecular flexibility index (Phi) is 3.73. The Morgan fingerprint density at radius 3 is 2.59 bits per heavy atom. The van der Waals surface area contributed by atoms with E-state index in [1.54, 1.807) is 0 Å². The van der Waals surface area contributed by atoms with Crippen LogP contribution in [-0.4, -0.2) is 45.7 Å². The Hall–Kier alpha value is -2.36. The molecule has 0 spiro atoms. The molecule has 0 radical (unpaired) electrons. The van der Waals surface area contributed by atoms with Crippen LogP contribution in [0.15, 0.2) is 18.2 Å². The van der Waals surface area contributed by atoms with Gasteiger partial charge >= 0.3 is 6.18 Å². The van der Waals surface area contributed by atoms with Crippen LogP contribution in [0.3, 0.4) is 0 Å². The number of nitro groups is 1. The quantitative estimate of drug-likeness (QED) is 0.485. The van der Waals surface area contributed by atoms with E-state index in [1.165, 1.54) is 6.07 Å². The molecule has 0 bridgehead atoms. The minimum Gasteiger partial charge on any atom is -0.393 e. The highest BCUT2D eigenvalue weighted by molar-refractivity contribution is 5.96. The van der Waals surface area contributed by atoms with E-state index in [9.17, 15) is 33.2 Å². The maximum Gasteiger partial charge on any atom is 0.419 e. The fourth-order valence-corrected chi connectivity index (χ4v) is 2.22. The van der Waals surface area contributed by atoms with E-state index < -0.39 is 41.3 Å². The number of halogens is 3. The minimum absolute atomic E-state index is 0.158. The Bertz CT molecular complexity index is 635. The van der Waals surface area contributed by atoms with Crippen molar-refractivity contribution in [2.45, 2.75) is 18.2 Å². The number of hydrogen-bond donors (Lipinski definition) is 2. The number of nitrogen functional groups attached to an aromatic ring is 1. The van der Waals surface area contributed by atoms with Crippen LogP contribution in [-0.2, 0) is 0 Å². The van der Waals surface area contributed by atoms with Gasteiger partial charge in [-0.3, -0.25) is 14.9 Å². The van der Waals surface area contributed by atoms with Crippen molar-refractivity contribution in [1.29, 1.82) is 0 Å². The average molecular weight is 319 g/mol. The van der Waals surface area contributed by atoms with Gasteiger partial charge in [0.1, 0.15) is 5.69 Å². The highest BCUT2D eigenvalue weighted by atomic mass is 19.4. The number of aliphatic hydroxyl groups is 1. The summed E-state index contributed by atoms with van der Waals surface area (Å²) in [5, 5.41) is 20.3. The Morgan fingerprint density at radius 1 is 1.45 bits per heavy atom. The van der Waals surface area contributed by atoms with E-state index in [2.05, 4.69) is 0 Å². The number of nitrogens with two attached hydrogens (primary N) is 1. The molecule has 1 amide bonds. The first-order valence-electron chi connectivity index (χ1n) is 6.17. The lowest BCUT2D eigenvalue weighted by Crippen LogP contribution is -2.48. The summed E-state index contributed by atoms with van der Waals surface area (Å²) >= 11 is 0. The molecule has 0 saturated carbocycles. The largest absolute Gasteiger partial charge is 0.419 e. The van der Waals surface area contributed by atoms with Gasteiger partial charge < -0.3 is 15.7 Å². The molecule has 120 valence electrons. The molecule has 2 rings (SSSR count). The summed E-state index contributed by atoms with van der Waals surface area (Å²) in [5.41, 5.74) is 1.61. The molecule has 22 heavy (non-hydrogen) atoms. The molecule has 1 aromatic rings. The van der Waals surface area contributed by atoms with E-state index in [0.717, 1.165) is 17.0 Å². The highest BCUT2D eigenvalue weighted by Crippen LogP contribution is 2.38. The second-order valence-corrected chi connectivity index (χ2v) is 5.04. The van der Waals surface area contributed by atoms with Gasteiger partial charge in [-0.25, -0.2) is 0 Å². The number of nitro benzene ring substituents is 1. The van der Waals surface area contributed by atoms with E-state index in [0.29, 0.717) is 0 Å². The standard InChI is InChI=1S/C12H12F3N3O4/c13-12(14,15)11(20)3-4-17(6-11)10(19)7-1-2-8(16)9(5-7)18(21)22/h1-2,5,20H,3-4,6,16H2/t11-/m1/s1. The molecule has 3 N–H and O–H groups in total. The fraction of sp³-hybridized carbons (Fsp3) is 0.417. The first-order chi connectivity index (χ1) is 10.0. The normalized spacial score (nSPS) is 21.9. The summed E-state index contributed by atoms with van der Waals surface area (Å²) in [7, 11) is 0. The zero-order valence-corrected chi connectivity index (χ0v) is 11.1. The van der Waals surface area contributed by atoms with Crippen molar-refractivity contribution in [3.8, 4) is 0 Å². The molecule has 1 fully saturated rings.